The molecule has 2 aliphatic rings. The molecule has 0 amide bonds. The molecule has 2 saturated heterocycles. The number of nitrogens with two attached hydrogens (primary N) is 1. The van der Waals surface area contributed by atoms with Crippen molar-refractivity contribution < 1.29 is 4.74 Å². The van der Waals surface area contributed by atoms with E-state index in [9.17, 15) is 0 Å². The Bertz CT molecular complexity index is 385. The number of hydrogen-bond donors (Lipinski definition) is 1. The monoisotopic (exact) mass is 221 g/mol. The summed E-state index contributed by atoms with van der Waals surface area (Å²) in [6.45, 7) is 2.80. The number of aromatic nitrogens is 3. The first-order valence-corrected chi connectivity index (χ1v) is 5.63. The molecule has 0 saturated carbocycles. The summed E-state index contributed by atoms with van der Waals surface area (Å²) in [4.78, 5) is 14.5. The van der Waals surface area contributed by atoms with Crippen molar-refractivity contribution in [2.24, 2.45) is 0 Å². The Morgan fingerprint density at radius 2 is 2.38 bits per heavy atom. The maximum atomic E-state index is 5.78. The first-order valence-electron chi connectivity index (χ1n) is 5.63. The fourth-order valence-electron chi connectivity index (χ4n) is 2.45. The largest absolute Gasteiger partial charge is 0.368 e. The van der Waals surface area contributed by atoms with E-state index in [0.29, 0.717) is 11.9 Å². The van der Waals surface area contributed by atoms with Gasteiger partial charge in [0.05, 0.1) is 6.61 Å². The molecule has 3 heterocycles. The van der Waals surface area contributed by atoms with E-state index in [1.54, 1.807) is 0 Å². The van der Waals surface area contributed by atoms with Crippen LogP contribution in [0.3, 0.4) is 0 Å². The lowest BCUT2D eigenvalue weighted by molar-refractivity contribution is -0.0541. The van der Waals surface area contributed by atoms with E-state index < -0.39 is 0 Å². The van der Waals surface area contributed by atoms with Gasteiger partial charge in [0, 0.05) is 12.6 Å². The van der Waals surface area contributed by atoms with Gasteiger partial charge in [0.2, 0.25) is 5.95 Å². The molecule has 0 aromatic carbocycles. The second kappa shape index (κ2) is 3.95. The van der Waals surface area contributed by atoms with Crippen molar-refractivity contribution in [2.75, 3.05) is 25.4 Å². The van der Waals surface area contributed by atoms with Gasteiger partial charge in [-0.2, -0.15) is 4.98 Å². The molecule has 0 aliphatic carbocycles. The predicted octanol–water partition coefficient (Wildman–Crippen LogP) is -0.0105. The topological polar surface area (TPSA) is 77.2 Å². The summed E-state index contributed by atoms with van der Waals surface area (Å²) >= 11 is 0. The molecular formula is C10H15N5O. The van der Waals surface area contributed by atoms with E-state index in [4.69, 9.17) is 10.5 Å². The molecule has 0 spiro atoms. The van der Waals surface area contributed by atoms with Crippen molar-refractivity contribution in [3.05, 3.63) is 12.2 Å². The van der Waals surface area contributed by atoms with E-state index in [1.807, 2.05) is 0 Å². The molecule has 0 radical (unpaired) electrons. The molecule has 3 rings (SSSR count). The van der Waals surface area contributed by atoms with Crippen molar-refractivity contribution in [1.82, 2.24) is 19.9 Å². The maximum Gasteiger partial charge on any atom is 0.223 e. The lowest BCUT2D eigenvalue weighted by atomic mass is 10.2. The van der Waals surface area contributed by atoms with Crippen LogP contribution >= 0.6 is 0 Å². The highest BCUT2D eigenvalue weighted by Gasteiger charge is 2.33. The van der Waals surface area contributed by atoms with Crippen LogP contribution in [0.1, 0.15) is 24.8 Å². The highest BCUT2D eigenvalue weighted by Crippen LogP contribution is 2.28. The molecule has 2 unspecified atom stereocenters. The fraction of sp³-hybridized carbons (Fsp3) is 0.700. The van der Waals surface area contributed by atoms with Crippen molar-refractivity contribution in [2.45, 2.75) is 25.0 Å². The molecule has 1 aromatic rings. The molecule has 6 nitrogen and oxygen atoms in total. The van der Waals surface area contributed by atoms with Crippen LogP contribution in [0, 0.1) is 0 Å². The fourth-order valence-corrected chi connectivity index (χ4v) is 2.45. The van der Waals surface area contributed by atoms with Crippen LogP contribution in [0.15, 0.2) is 6.33 Å². The van der Waals surface area contributed by atoms with E-state index in [1.165, 1.54) is 19.2 Å². The first kappa shape index (κ1) is 9.92. The summed E-state index contributed by atoms with van der Waals surface area (Å²) in [6.07, 6.45) is 3.89. The highest BCUT2D eigenvalue weighted by molar-refractivity contribution is 5.14. The minimum absolute atomic E-state index is 0.0559. The molecule has 0 bridgehead atoms. The minimum atomic E-state index is -0.0559. The molecule has 86 valence electrons. The Morgan fingerprint density at radius 1 is 1.44 bits per heavy atom. The summed E-state index contributed by atoms with van der Waals surface area (Å²) in [5, 5.41) is 0. The van der Waals surface area contributed by atoms with Gasteiger partial charge >= 0.3 is 0 Å². The van der Waals surface area contributed by atoms with Crippen molar-refractivity contribution in [3.8, 4) is 0 Å². The van der Waals surface area contributed by atoms with Gasteiger partial charge in [-0.25, -0.2) is 9.97 Å². The molecule has 6 heteroatoms. The third-order valence-corrected chi connectivity index (χ3v) is 3.29. The average Bonchev–Trinajstić information content (AvgIpc) is 2.75. The van der Waals surface area contributed by atoms with Gasteiger partial charge in [-0.05, 0) is 19.4 Å². The standard InChI is InChI=1S/C10H15N5O/c11-10-13-6-12-9(14-10)8-4-15-3-1-2-7(15)5-16-8/h6-8H,1-5H2,(H2,11,12,13,14). The lowest BCUT2D eigenvalue weighted by Gasteiger charge is -2.34. The Balaban J connectivity index is 1.76. The zero-order valence-corrected chi connectivity index (χ0v) is 9.04. The van der Waals surface area contributed by atoms with Gasteiger partial charge < -0.3 is 10.5 Å². The van der Waals surface area contributed by atoms with Gasteiger partial charge in [-0.1, -0.05) is 0 Å². The summed E-state index contributed by atoms with van der Waals surface area (Å²) in [5.74, 6) is 0.912. The van der Waals surface area contributed by atoms with Crippen LogP contribution in [0.5, 0.6) is 0 Å². The third kappa shape index (κ3) is 1.74. The molecule has 2 atom stereocenters. The lowest BCUT2D eigenvalue weighted by Crippen LogP contribution is -2.42. The zero-order chi connectivity index (χ0) is 11.0. The van der Waals surface area contributed by atoms with Crippen LogP contribution in [-0.4, -0.2) is 45.6 Å². The number of nitrogens with zero attached hydrogens (tertiary/aromatic N) is 4. The smallest absolute Gasteiger partial charge is 0.223 e. The normalized spacial score (nSPS) is 30.2. The van der Waals surface area contributed by atoms with Crippen LogP contribution < -0.4 is 5.73 Å². The van der Waals surface area contributed by atoms with E-state index >= 15 is 0 Å². The van der Waals surface area contributed by atoms with Gasteiger partial charge in [0.25, 0.3) is 0 Å². The Labute approximate surface area is 93.8 Å². The first-order chi connectivity index (χ1) is 7.83. The van der Waals surface area contributed by atoms with Crippen molar-refractivity contribution >= 4 is 5.95 Å². The molecule has 2 aliphatic heterocycles. The van der Waals surface area contributed by atoms with Crippen LogP contribution in [0.2, 0.25) is 0 Å². The van der Waals surface area contributed by atoms with Gasteiger partial charge in [0.15, 0.2) is 5.82 Å². The third-order valence-electron chi connectivity index (χ3n) is 3.29. The number of fused-ring (bicyclic) bond motifs is 1. The summed E-state index contributed by atoms with van der Waals surface area (Å²) in [7, 11) is 0. The van der Waals surface area contributed by atoms with E-state index in [2.05, 4.69) is 19.9 Å². The number of ether oxygens (including phenoxy) is 1. The van der Waals surface area contributed by atoms with Crippen molar-refractivity contribution in [1.29, 1.82) is 0 Å². The minimum Gasteiger partial charge on any atom is -0.368 e. The van der Waals surface area contributed by atoms with Crippen LogP contribution in [0.25, 0.3) is 0 Å². The number of nitrogen functional groups attached to an aromatic ring is 1. The molecule has 2 N–H and O–H groups in total. The Hall–Kier alpha value is -1.27. The number of anilines is 1. The molecule has 1 aromatic heterocycles. The maximum absolute atomic E-state index is 5.78. The van der Waals surface area contributed by atoms with E-state index in [-0.39, 0.29) is 12.1 Å². The number of morpholine rings is 1. The van der Waals surface area contributed by atoms with Crippen LogP contribution in [-0.2, 0) is 4.74 Å². The summed E-state index contributed by atoms with van der Waals surface area (Å²) in [5.41, 5.74) is 5.54. The molecule has 16 heavy (non-hydrogen) atoms. The number of rotatable bonds is 1. The predicted molar refractivity (Wildman–Crippen MR) is 57.5 cm³/mol. The van der Waals surface area contributed by atoms with Gasteiger partial charge in [-0.15, -0.1) is 0 Å². The average molecular weight is 221 g/mol. The molecule has 2 fully saturated rings. The molecular weight excluding hydrogens is 206 g/mol. The van der Waals surface area contributed by atoms with Gasteiger partial charge in [-0.3, -0.25) is 4.90 Å². The zero-order valence-electron chi connectivity index (χ0n) is 9.04. The van der Waals surface area contributed by atoms with Gasteiger partial charge in [0.1, 0.15) is 12.4 Å². The quantitative estimate of drug-likeness (QED) is 0.718. The van der Waals surface area contributed by atoms with Crippen molar-refractivity contribution in [3.63, 3.8) is 0 Å². The van der Waals surface area contributed by atoms with Crippen LogP contribution in [0.4, 0.5) is 5.95 Å². The van der Waals surface area contributed by atoms with E-state index in [0.717, 1.165) is 19.7 Å². The Morgan fingerprint density at radius 3 is 3.25 bits per heavy atom. The highest BCUT2D eigenvalue weighted by atomic mass is 16.5. The summed E-state index contributed by atoms with van der Waals surface area (Å²) < 4.78 is 5.78. The summed E-state index contributed by atoms with van der Waals surface area (Å²) in [6, 6.07) is 0.593. The second-order valence-corrected chi connectivity index (χ2v) is 4.31. The SMILES string of the molecule is Nc1ncnc(C2CN3CCCC3CO2)n1. The second-order valence-electron chi connectivity index (χ2n) is 4.31. The number of hydrogen-bond acceptors (Lipinski definition) is 6. The Kier molecular flexibility index (Phi) is 2.45.